The number of aromatic nitrogens is 3. The Labute approximate surface area is 118 Å². The van der Waals surface area contributed by atoms with E-state index in [1.54, 1.807) is 29.1 Å². The molecule has 1 aromatic carbocycles. The molecule has 0 atom stereocenters. The molecule has 2 N–H and O–H groups in total. The van der Waals surface area contributed by atoms with Gasteiger partial charge in [-0.3, -0.25) is 4.68 Å². The van der Waals surface area contributed by atoms with Gasteiger partial charge in [0.15, 0.2) is 0 Å². The van der Waals surface area contributed by atoms with Crippen LogP contribution in [0.25, 0.3) is 0 Å². The molecule has 2 rings (SSSR count). The fourth-order valence-electron chi connectivity index (χ4n) is 1.62. The van der Waals surface area contributed by atoms with Crippen LogP contribution in [0.2, 0.25) is 0 Å². The van der Waals surface area contributed by atoms with Gasteiger partial charge in [-0.1, -0.05) is 5.21 Å². The maximum absolute atomic E-state index is 10.9. The van der Waals surface area contributed by atoms with Crippen LogP contribution in [0.1, 0.15) is 16.8 Å². The molecule has 0 saturated carbocycles. The maximum atomic E-state index is 10.9. The first kappa shape index (κ1) is 13.5. The summed E-state index contributed by atoms with van der Waals surface area (Å²) in [5.41, 5.74) is 1.14. The lowest BCUT2D eigenvalue weighted by molar-refractivity contribution is 0.0696. The highest BCUT2D eigenvalue weighted by atomic mass is 79.9. The predicted molar refractivity (Wildman–Crippen MR) is 74.2 cm³/mol. The minimum atomic E-state index is -0.940. The molecule has 100 valence electrons. The van der Waals surface area contributed by atoms with Crippen molar-refractivity contribution in [1.29, 1.82) is 0 Å². The van der Waals surface area contributed by atoms with Crippen molar-refractivity contribution in [3.8, 4) is 0 Å². The van der Waals surface area contributed by atoms with E-state index in [4.69, 9.17) is 5.11 Å². The number of carboxylic acids is 1. The fourth-order valence-corrected chi connectivity index (χ4v) is 2.17. The number of nitrogens with zero attached hydrogens (tertiary/aromatic N) is 3. The van der Waals surface area contributed by atoms with Crippen LogP contribution < -0.4 is 5.32 Å². The van der Waals surface area contributed by atoms with Crippen LogP contribution in [-0.4, -0.2) is 32.6 Å². The molecule has 0 amide bonds. The second kappa shape index (κ2) is 6.33. The molecular weight excluding hydrogens is 312 g/mol. The van der Waals surface area contributed by atoms with E-state index in [-0.39, 0.29) is 5.56 Å². The summed E-state index contributed by atoms with van der Waals surface area (Å²) in [5, 5.41) is 19.7. The fraction of sp³-hybridized carbons (Fsp3) is 0.250. The second-order valence-corrected chi connectivity index (χ2v) is 4.80. The first-order valence-electron chi connectivity index (χ1n) is 5.77. The smallest absolute Gasteiger partial charge is 0.336 e. The number of benzene rings is 1. The van der Waals surface area contributed by atoms with Crippen molar-refractivity contribution in [1.82, 2.24) is 15.0 Å². The number of anilines is 1. The Balaban J connectivity index is 1.83. The van der Waals surface area contributed by atoms with Crippen molar-refractivity contribution < 1.29 is 9.90 Å². The highest BCUT2D eigenvalue weighted by Gasteiger charge is 2.07. The van der Waals surface area contributed by atoms with E-state index in [9.17, 15) is 4.79 Å². The molecule has 0 bridgehead atoms. The third-order valence-electron chi connectivity index (χ3n) is 2.56. The van der Waals surface area contributed by atoms with Gasteiger partial charge < -0.3 is 10.4 Å². The zero-order valence-electron chi connectivity index (χ0n) is 10.1. The second-order valence-electron chi connectivity index (χ2n) is 3.95. The highest BCUT2D eigenvalue weighted by molar-refractivity contribution is 9.10. The molecule has 0 spiro atoms. The lowest BCUT2D eigenvalue weighted by Crippen LogP contribution is -2.07. The zero-order chi connectivity index (χ0) is 13.7. The molecule has 19 heavy (non-hydrogen) atoms. The first-order valence-corrected chi connectivity index (χ1v) is 6.57. The van der Waals surface area contributed by atoms with Crippen LogP contribution in [0.3, 0.4) is 0 Å². The van der Waals surface area contributed by atoms with Crippen molar-refractivity contribution in [3.63, 3.8) is 0 Å². The summed E-state index contributed by atoms with van der Waals surface area (Å²) < 4.78 is 2.34. The van der Waals surface area contributed by atoms with Gasteiger partial charge in [0.1, 0.15) is 0 Å². The molecule has 2 aromatic rings. The number of carbonyl (C=O) groups is 1. The molecule has 0 saturated heterocycles. The Bertz CT molecular complexity index is 557. The van der Waals surface area contributed by atoms with Gasteiger partial charge in [0.05, 0.1) is 11.8 Å². The average Bonchev–Trinajstić information content (AvgIpc) is 2.87. The highest BCUT2D eigenvalue weighted by Crippen LogP contribution is 2.21. The van der Waals surface area contributed by atoms with Gasteiger partial charge in [-0.05, 0) is 40.5 Å². The number of hydrogen-bond acceptors (Lipinski definition) is 4. The van der Waals surface area contributed by atoms with E-state index in [0.717, 1.165) is 25.2 Å². The van der Waals surface area contributed by atoms with Gasteiger partial charge >= 0.3 is 5.97 Å². The summed E-state index contributed by atoms with van der Waals surface area (Å²) in [4.78, 5) is 10.9. The minimum absolute atomic E-state index is 0.258. The van der Waals surface area contributed by atoms with Crippen LogP contribution in [0.4, 0.5) is 5.69 Å². The molecule has 7 heteroatoms. The number of aryl methyl sites for hydroxylation is 1. The van der Waals surface area contributed by atoms with Gasteiger partial charge in [0.25, 0.3) is 0 Å². The van der Waals surface area contributed by atoms with Gasteiger partial charge in [-0.25, -0.2) is 4.79 Å². The first-order chi connectivity index (χ1) is 9.16. The normalized spacial score (nSPS) is 10.4. The van der Waals surface area contributed by atoms with Crippen molar-refractivity contribution in [2.45, 2.75) is 13.0 Å². The van der Waals surface area contributed by atoms with Crippen LogP contribution in [-0.2, 0) is 6.54 Å². The molecule has 0 aliphatic heterocycles. The summed E-state index contributed by atoms with van der Waals surface area (Å²) in [5.74, 6) is -0.940. The summed E-state index contributed by atoms with van der Waals surface area (Å²) >= 11 is 3.24. The molecule has 0 aliphatic carbocycles. The lowest BCUT2D eigenvalue weighted by atomic mass is 10.2. The number of rotatable bonds is 6. The predicted octanol–water partition coefficient (Wildman–Crippen LogP) is 2.24. The van der Waals surface area contributed by atoms with Crippen LogP contribution in [0.5, 0.6) is 0 Å². The monoisotopic (exact) mass is 324 g/mol. The molecule has 0 radical (unpaired) electrons. The largest absolute Gasteiger partial charge is 0.478 e. The number of nitrogens with one attached hydrogen (secondary N) is 1. The Hall–Kier alpha value is -1.89. The Morgan fingerprint density at radius 1 is 1.47 bits per heavy atom. The van der Waals surface area contributed by atoms with Crippen molar-refractivity contribution in [3.05, 3.63) is 40.6 Å². The zero-order valence-corrected chi connectivity index (χ0v) is 11.7. The molecule has 1 heterocycles. The summed E-state index contributed by atoms with van der Waals surface area (Å²) in [6.45, 7) is 1.57. The van der Waals surface area contributed by atoms with E-state index in [1.807, 2.05) is 6.20 Å². The van der Waals surface area contributed by atoms with E-state index in [0.29, 0.717) is 4.47 Å². The number of aromatic carboxylic acids is 1. The van der Waals surface area contributed by atoms with Crippen molar-refractivity contribution >= 4 is 27.6 Å². The summed E-state index contributed by atoms with van der Waals surface area (Å²) in [6, 6.07) is 5.09. The van der Waals surface area contributed by atoms with Crippen molar-refractivity contribution in [2.75, 3.05) is 11.9 Å². The van der Waals surface area contributed by atoms with E-state index in [2.05, 4.69) is 31.6 Å². The van der Waals surface area contributed by atoms with Gasteiger partial charge in [-0.15, -0.1) is 5.10 Å². The summed E-state index contributed by atoms with van der Waals surface area (Å²) in [6.07, 6.45) is 4.37. The van der Waals surface area contributed by atoms with Gasteiger partial charge in [-0.2, -0.15) is 0 Å². The van der Waals surface area contributed by atoms with Crippen LogP contribution in [0.15, 0.2) is 35.1 Å². The molecular formula is C12H13BrN4O2. The van der Waals surface area contributed by atoms with E-state index >= 15 is 0 Å². The number of carboxylic acid groups (broad SMARTS) is 1. The minimum Gasteiger partial charge on any atom is -0.478 e. The number of halogens is 1. The van der Waals surface area contributed by atoms with E-state index < -0.39 is 5.97 Å². The standard InChI is InChI=1S/C12H13BrN4O2/c13-11-8-9(2-3-10(11)12(18)19)14-4-1-6-17-7-5-15-16-17/h2-3,5,7-8,14H,1,4,6H2,(H,18,19). The molecule has 1 aromatic heterocycles. The maximum Gasteiger partial charge on any atom is 0.336 e. The molecule has 0 aliphatic rings. The quantitative estimate of drug-likeness (QED) is 0.796. The summed E-state index contributed by atoms with van der Waals surface area (Å²) in [7, 11) is 0. The third kappa shape index (κ3) is 3.78. The van der Waals surface area contributed by atoms with Crippen LogP contribution >= 0.6 is 15.9 Å². The number of hydrogen-bond donors (Lipinski definition) is 2. The van der Waals surface area contributed by atoms with E-state index in [1.165, 1.54) is 0 Å². The lowest BCUT2D eigenvalue weighted by Gasteiger charge is -2.08. The average molecular weight is 325 g/mol. The SMILES string of the molecule is O=C(O)c1ccc(NCCCn2ccnn2)cc1Br. The van der Waals surface area contributed by atoms with Crippen molar-refractivity contribution in [2.24, 2.45) is 0 Å². The topological polar surface area (TPSA) is 80.0 Å². The molecule has 6 nitrogen and oxygen atoms in total. The Morgan fingerprint density at radius 3 is 2.95 bits per heavy atom. The Kier molecular flexibility index (Phi) is 4.51. The van der Waals surface area contributed by atoms with Gasteiger partial charge in [0.2, 0.25) is 0 Å². The molecule has 0 fully saturated rings. The van der Waals surface area contributed by atoms with Gasteiger partial charge in [0, 0.05) is 29.4 Å². The van der Waals surface area contributed by atoms with Crippen LogP contribution in [0, 0.1) is 0 Å². The molecule has 0 unspecified atom stereocenters. The third-order valence-corrected chi connectivity index (χ3v) is 3.22. The Morgan fingerprint density at radius 2 is 2.32 bits per heavy atom.